The van der Waals surface area contributed by atoms with Gasteiger partial charge in [0.05, 0.1) is 11.1 Å². The number of aromatic nitrogens is 2. The molecule has 0 spiro atoms. The first-order chi connectivity index (χ1) is 13.5. The fourth-order valence-corrected chi connectivity index (χ4v) is 5.94. The molecule has 1 aliphatic carbocycles. The molecular formula is C21H29N3O2S2. The number of allylic oxidation sites excluding steroid dienone is 1. The Balaban J connectivity index is 1.91. The Morgan fingerprint density at radius 2 is 2.21 bits per heavy atom. The monoisotopic (exact) mass is 419 g/mol. The number of thioether (sulfide) groups is 1. The predicted molar refractivity (Wildman–Crippen MR) is 119 cm³/mol. The molecule has 0 aromatic carbocycles. The molecule has 2 heterocycles. The van der Waals surface area contributed by atoms with Crippen LogP contribution in [0.5, 0.6) is 0 Å². The van der Waals surface area contributed by atoms with Gasteiger partial charge in [0.1, 0.15) is 4.83 Å². The lowest BCUT2D eigenvalue weighted by Gasteiger charge is -2.17. The Morgan fingerprint density at radius 3 is 2.89 bits per heavy atom. The molecule has 0 saturated carbocycles. The predicted octanol–water partition coefficient (Wildman–Crippen LogP) is 4.17. The van der Waals surface area contributed by atoms with E-state index in [9.17, 15) is 9.59 Å². The molecule has 0 bridgehead atoms. The van der Waals surface area contributed by atoms with Gasteiger partial charge in [-0.1, -0.05) is 38.6 Å². The van der Waals surface area contributed by atoms with Crippen molar-refractivity contribution in [3.05, 3.63) is 33.4 Å². The molecule has 1 atom stereocenters. The van der Waals surface area contributed by atoms with E-state index in [0.717, 1.165) is 42.3 Å². The Hall–Kier alpha value is -1.60. The lowest BCUT2D eigenvalue weighted by Crippen LogP contribution is -2.35. The quantitative estimate of drug-likeness (QED) is 0.396. The molecule has 2 aromatic heterocycles. The van der Waals surface area contributed by atoms with Gasteiger partial charge in [0.2, 0.25) is 5.91 Å². The van der Waals surface area contributed by atoms with E-state index in [1.807, 2.05) is 0 Å². The number of thiophene rings is 1. The lowest BCUT2D eigenvalue weighted by molar-refractivity contribution is -0.119. The fraction of sp³-hybridized carbons (Fsp3) is 0.571. The van der Waals surface area contributed by atoms with Gasteiger partial charge in [-0.25, -0.2) is 4.98 Å². The van der Waals surface area contributed by atoms with Crippen LogP contribution in [0.15, 0.2) is 22.6 Å². The van der Waals surface area contributed by atoms with Gasteiger partial charge in [-0.05, 0) is 43.6 Å². The number of fused-ring (bicyclic) bond motifs is 3. The zero-order chi connectivity index (χ0) is 20.3. The number of carbonyl (C=O) groups is 1. The minimum Gasteiger partial charge on any atom is -0.353 e. The first kappa shape index (κ1) is 21.1. The number of carbonyl (C=O) groups excluding carboxylic acids is 1. The molecule has 0 saturated heterocycles. The third-order valence-electron chi connectivity index (χ3n) is 5.37. The maximum atomic E-state index is 13.2. The van der Waals surface area contributed by atoms with Crippen molar-refractivity contribution in [2.24, 2.45) is 5.92 Å². The number of hydrogen-bond donors (Lipinski definition) is 1. The van der Waals surface area contributed by atoms with Crippen LogP contribution in [0.3, 0.4) is 0 Å². The van der Waals surface area contributed by atoms with E-state index in [2.05, 4.69) is 32.7 Å². The second-order valence-corrected chi connectivity index (χ2v) is 9.53. The van der Waals surface area contributed by atoms with Crippen LogP contribution in [0.2, 0.25) is 0 Å². The van der Waals surface area contributed by atoms with Gasteiger partial charge < -0.3 is 5.32 Å². The van der Waals surface area contributed by atoms with E-state index < -0.39 is 0 Å². The lowest BCUT2D eigenvalue weighted by atomic mass is 9.89. The van der Waals surface area contributed by atoms with Crippen LogP contribution < -0.4 is 10.9 Å². The Kier molecular flexibility index (Phi) is 6.99. The highest BCUT2D eigenvalue weighted by molar-refractivity contribution is 7.99. The summed E-state index contributed by atoms with van der Waals surface area (Å²) in [6, 6.07) is 0.199. The van der Waals surface area contributed by atoms with Crippen molar-refractivity contribution in [1.82, 2.24) is 14.9 Å². The number of amides is 1. The summed E-state index contributed by atoms with van der Waals surface area (Å²) in [5.74, 6) is 0.893. The topological polar surface area (TPSA) is 64.0 Å². The third kappa shape index (κ3) is 4.35. The first-order valence-corrected chi connectivity index (χ1v) is 11.9. The average Bonchev–Trinajstić information content (AvgIpc) is 3.04. The number of hydrogen-bond acceptors (Lipinski definition) is 5. The fourth-order valence-electron chi connectivity index (χ4n) is 3.70. The van der Waals surface area contributed by atoms with Crippen LogP contribution in [0.25, 0.3) is 10.2 Å². The van der Waals surface area contributed by atoms with Crippen molar-refractivity contribution in [2.45, 2.75) is 70.6 Å². The number of nitrogens with one attached hydrogen (secondary N) is 1. The van der Waals surface area contributed by atoms with Crippen LogP contribution >= 0.6 is 23.1 Å². The van der Waals surface area contributed by atoms with Crippen LogP contribution in [-0.4, -0.2) is 27.3 Å². The summed E-state index contributed by atoms with van der Waals surface area (Å²) >= 11 is 2.98. The van der Waals surface area contributed by atoms with Crippen LogP contribution in [0.1, 0.15) is 50.5 Å². The molecule has 2 aromatic rings. The molecule has 1 N–H and O–H groups in total. The van der Waals surface area contributed by atoms with Crippen molar-refractivity contribution in [3.8, 4) is 0 Å². The molecule has 1 unspecified atom stereocenters. The zero-order valence-corrected chi connectivity index (χ0v) is 18.5. The highest BCUT2D eigenvalue weighted by atomic mass is 32.2. The summed E-state index contributed by atoms with van der Waals surface area (Å²) in [5, 5.41) is 4.42. The van der Waals surface area contributed by atoms with E-state index in [0.29, 0.717) is 17.6 Å². The Morgan fingerprint density at radius 1 is 1.46 bits per heavy atom. The molecular weight excluding hydrogens is 390 g/mol. The summed E-state index contributed by atoms with van der Waals surface area (Å²) in [4.78, 5) is 32.4. The second-order valence-electron chi connectivity index (χ2n) is 7.50. The molecule has 28 heavy (non-hydrogen) atoms. The number of nitrogens with zero attached hydrogens (tertiary/aromatic N) is 2. The normalized spacial score (nSPS) is 16.4. The van der Waals surface area contributed by atoms with E-state index >= 15 is 0 Å². The smallest absolute Gasteiger partial charge is 0.263 e. The average molecular weight is 420 g/mol. The van der Waals surface area contributed by atoms with Crippen molar-refractivity contribution in [2.75, 3.05) is 5.75 Å². The van der Waals surface area contributed by atoms with Gasteiger partial charge >= 0.3 is 0 Å². The van der Waals surface area contributed by atoms with Crippen molar-refractivity contribution >= 4 is 39.2 Å². The summed E-state index contributed by atoms with van der Waals surface area (Å²) in [7, 11) is 0. The molecule has 0 aliphatic heterocycles. The van der Waals surface area contributed by atoms with E-state index in [4.69, 9.17) is 4.98 Å². The molecule has 5 nitrogen and oxygen atoms in total. The van der Waals surface area contributed by atoms with E-state index in [-0.39, 0.29) is 23.3 Å². The number of aryl methyl sites for hydroxylation is 1. The Bertz CT molecular complexity index is 928. The minimum absolute atomic E-state index is 0.000135. The minimum atomic E-state index is -0.0162. The van der Waals surface area contributed by atoms with Crippen molar-refractivity contribution in [3.63, 3.8) is 0 Å². The number of rotatable bonds is 8. The summed E-state index contributed by atoms with van der Waals surface area (Å²) < 4.78 is 1.66. The maximum Gasteiger partial charge on any atom is 0.263 e. The standard InChI is InChI=1S/C21H29N3O2S2/c1-5-10-24-20(26)18-15-9-8-13(4)11-16(15)28-19(18)23-21(24)27-12-17(25)22-14(6-2)7-3/h5,13-14H,1,6-12H2,2-4H3,(H,22,25). The second kappa shape index (κ2) is 9.27. The van der Waals surface area contributed by atoms with Gasteiger partial charge in [0, 0.05) is 17.5 Å². The summed E-state index contributed by atoms with van der Waals surface area (Å²) in [5.41, 5.74) is 1.19. The third-order valence-corrected chi connectivity index (χ3v) is 7.50. The molecule has 1 amide bonds. The first-order valence-electron chi connectivity index (χ1n) is 10.1. The molecule has 1 aliphatic rings. The molecule has 3 rings (SSSR count). The van der Waals surface area contributed by atoms with Crippen LogP contribution in [-0.2, 0) is 24.2 Å². The van der Waals surface area contributed by atoms with Gasteiger partial charge in [-0.3, -0.25) is 14.2 Å². The van der Waals surface area contributed by atoms with Gasteiger partial charge in [0.15, 0.2) is 5.16 Å². The molecule has 7 heteroatoms. The Labute approximate surface area is 174 Å². The van der Waals surface area contributed by atoms with E-state index in [1.165, 1.54) is 22.2 Å². The SMILES string of the molecule is C=CCn1c(SCC(=O)NC(CC)CC)nc2sc3c(c2c1=O)CCC(C)C3. The largest absolute Gasteiger partial charge is 0.353 e. The van der Waals surface area contributed by atoms with E-state index in [1.54, 1.807) is 22.0 Å². The highest BCUT2D eigenvalue weighted by Crippen LogP contribution is 2.36. The van der Waals surface area contributed by atoms with Crippen LogP contribution in [0, 0.1) is 5.92 Å². The zero-order valence-electron chi connectivity index (χ0n) is 16.9. The van der Waals surface area contributed by atoms with Crippen LogP contribution in [0.4, 0.5) is 0 Å². The summed E-state index contributed by atoms with van der Waals surface area (Å²) in [6.45, 7) is 10.6. The van der Waals surface area contributed by atoms with Gasteiger partial charge in [-0.2, -0.15) is 0 Å². The molecule has 0 radical (unpaired) electrons. The van der Waals surface area contributed by atoms with Gasteiger partial charge in [0.25, 0.3) is 5.56 Å². The van der Waals surface area contributed by atoms with Crippen molar-refractivity contribution < 1.29 is 4.79 Å². The molecule has 152 valence electrons. The van der Waals surface area contributed by atoms with Gasteiger partial charge in [-0.15, -0.1) is 17.9 Å². The van der Waals surface area contributed by atoms with Crippen molar-refractivity contribution in [1.29, 1.82) is 0 Å². The maximum absolute atomic E-state index is 13.2. The highest BCUT2D eigenvalue weighted by Gasteiger charge is 2.24. The summed E-state index contributed by atoms with van der Waals surface area (Å²) in [6.07, 6.45) is 6.63. The molecule has 0 fully saturated rings.